The molecule has 17 heavy (non-hydrogen) atoms. The second kappa shape index (κ2) is 4.45. The molecule has 3 nitrogen and oxygen atoms in total. The monoisotopic (exact) mass is 230 g/mol. The standard InChI is InChI=1S/C14H14O3/c1-9(2)17-14(16)12-7-10-5-3-4-6-11(10)8-13(12)15/h3-9,15H,1-2H3. The minimum Gasteiger partial charge on any atom is -0.507 e. The van der Waals surface area contributed by atoms with E-state index in [0.717, 1.165) is 10.8 Å². The van der Waals surface area contributed by atoms with E-state index in [4.69, 9.17) is 4.74 Å². The fourth-order valence-corrected chi connectivity index (χ4v) is 1.67. The molecule has 0 saturated carbocycles. The Labute approximate surface area is 99.6 Å². The van der Waals surface area contributed by atoms with Gasteiger partial charge in [-0.05, 0) is 36.8 Å². The van der Waals surface area contributed by atoms with E-state index in [-0.39, 0.29) is 17.4 Å². The summed E-state index contributed by atoms with van der Waals surface area (Å²) in [7, 11) is 0. The Morgan fingerprint density at radius 1 is 1.18 bits per heavy atom. The van der Waals surface area contributed by atoms with Crippen LogP contribution in [-0.2, 0) is 4.74 Å². The summed E-state index contributed by atoms with van der Waals surface area (Å²) in [6.07, 6.45) is -0.201. The molecule has 2 aromatic carbocycles. The van der Waals surface area contributed by atoms with Crippen molar-refractivity contribution in [2.75, 3.05) is 0 Å². The lowest BCUT2D eigenvalue weighted by Gasteiger charge is -2.10. The number of hydrogen-bond acceptors (Lipinski definition) is 3. The molecular formula is C14H14O3. The summed E-state index contributed by atoms with van der Waals surface area (Å²) in [6.45, 7) is 3.55. The van der Waals surface area contributed by atoms with E-state index in [1.165, 1.54) is 0 Å². The normalized spacial score (nSPS) is 10.8. The molecule has 88 valence electrons. The summed E-state index contributed by atoms with van der Waals surface area (Å²) < 4.78 is 5.07. The van der Waals surface area contributed by atoms with Crippen LogP contribution in [0.15, 0.2) is 36.4 Å². The number of phenols is 1. The van der Waals surface area contributed by atoms with Crippen molar-refractivity contribution < 1.29 is 14.6 Å². The highest BCUT2D eigenvalue weighted by Crippen LogP contribution is 2.25. The van der Waals surface area contributed by atoms with Crippen LogP contribution in [0.3, 0.4) is 0 Å². The molecule has 0 aliphatic heterocycles. The first-order valence-electron chi connectivity index (χ1n) is 5.50. The minimum absolute atomic E-state index is 0.0469. The van der Waals surface area contributed by atoms with Gasteiger partial charge in [-0.25, -0.2) is 4.79 Å². The summed E-state index contributed by atoms with van der Waals surface area (Å²) in [6, 6.07) is 10.8. The fraction of sp³-hybridized carbons (Fsp3) is 0.214. The Morgan fingerprint density at radius 2 is 1.76 bits per heavy atom. The zero-order valence-corrected chi connectivity index (χ0v) is 9.81. The van der Waals surface area contributed by atoms with Gasteiger partial charge < -0.3 is 9.84 Å². The molecule has 0 amide bonds. The molecule has 0 unspecified atom stereocenters. The van der Waals surface area contributed by atoms with Crippen LogP contribution in [0, 0.1) is 0 Å². The van der Waals surface area contributed by atoms with Crippen LogP contribution in [0.1, 0.15) is 24.2 Å². The number of fused-ring (bicyclic) bond motifs is 1. The smallest absolute Gasteiger partial charge is 0.342 e. The summed E-state index contributed by atoms with van der Waals surface area (Å²) in [5.41, 5.74) is 0.206. The number of ether oxygens (including phenoxy) is 1. The molecule has 0 bridgehead atoms. The van der Waals surface area contributed by atoms with Crippen LogP contribution in [0.5, 0.6) is 5.75 Å². The highest BCUT2D eigenvalue weighted by atomic mass is 16.5. The van der Waals surface area contributed by atoms with Crippen LogP contribution >= 0.6 is 0 Å². The van der Waals surface area contributed by atoms with Crippen molar-refractivity contribution >= 4 is 16.7 Å². The minimum atomic E-state index is -0.497. The Bertz CT molecular complexity index is 558. The van der Waals surface area contributed by atoms with Crippen LogP contribution in [0.25, 0.3) is 10.8 Å². The van der Waals surface area contributed by atoms with Gasteiger partial charge in [-0.1, -0.05) is 24.3 Å². The van der Waals surface area contributed by atoms with Gasteiger partial charge in [0.1, 0.15) is 11.3 Å². The number of hydrogen-bond donors (Lipinski definition) is 1. The summed E-state index contributed by atoms with van der Waals surface area (Å²) >= 11 is 0. The topological polar surface area (TPSA) is 46.5 Å². The molecule has 0 aromatic heterocycles. The van der Waals surface area contributed by atoms with E-state index in [1.54, 1.807) is 26.0 Å². The molecule has 1 N–H and O–H groups in total. The average molecular weight is 230 g/mol. The number of aromatic hydroxyl groups is 1. The maximum absolute atomic E-state index is 11.7. The second-order valence-electron chi connectivity index (χ2n) is 4.17. The summed E-state index contributed by atoms with van der Waals surface area (Å²) in [5.74, 6) is -0.544. The molecule has 0 spiro atoms. The van der Waals surface area contributed by atoms with Crippen molar-refractivity contribution in [2.45, 2.75) is 20.0 Å². The second-order valence-corrected chi connectivity index (χ2v) is 4.17. The van der Waals surface area contributed by atoms with Gasteiger partial charge >= 0.3 is 5.97 Å². The molecule has 2 aromatic rings. The van der Waals surface area contributed by atoms with Gasteiger partial charge in [0.2, 0.25) is 0 Å². The lowest BCUT2D eigenvalue weighted by Crippen LogP contribution is -2.11. The van der Waals surface area contributed by atoms with E-state index in [1.807, 2.05) is 24.3 Å². The number of phenolic OH excluding ortho intramolecular Hbond substituents is 1. The fourth-order valence-electron chi connectivity index (χ4n) is 1.67. The molecule has 2 rings (SSSR count). The number of rotatable bonds is 2. The van der Waals surface area contributed by atoms with E-state index in [9.17, 15) is 9.90 Å². The van der Waals surface area contributed by atoms with Gasteiger partial charge in [0, 0.05) is 0 Å². The molecular weight excluding hydrogens is 216 g/mol. The van der Waals surface area contributed by atoms with Crippen molar-refractivity contribution in [2.24, 2.45) is 0 Å². The number of benzene rings is 2. The van der Waals surface area contributed by atoms with Crippen LogP contribution in [0.2, 0.25) is 0 Å². The highest BCUT2D eigenvalue weighted by Gasteiger charge is 2.14. The maximum Gasteiger partial charge on any atom is 0.342 e. The zero-order valence-electron chi connectivity index (χ0n) is 9.81. The van der Waals surface area contributed by atoms with Crippen LogP contribution < -0.4 is 0 Å². The number of carbonyl (C=O) groups is 1. The van der Waals surface area contributed by atoms with Crippen LogP contribution in [-0.4, -0.2) is 17.2 Å². The summed E-state index contributed by atoms with van der Waals surface area (Å²) in [5, 5.41) is 11.6. The third kappa shape index (κ3) is 2.38. The SMILES string of the molecule is CC(C)OC(=O)c1cc2ccccc2cc1O. The van der Waals surface area contributed by atoms with Gasteiger partial charge in [-0.15, -0.1) is 0 Å². The van der Waals surface area contributed by atoms with Crippen molar-refractivity contribution in [1.29, 1.82) is 0 Å². The average Bonchev–Trinajstić information content (AvgIpc) is 2.27. The van der Waals surface area contributed by atoms with Gasteiger partial charge in [0.05, 0.1) is 6.10 Å². The van der Waals surface area contributed by atoms with Crippen molar-refractivity contribution in [3.05, 3.63) is 42.0 Å². The first-order chi connectivity index (χ1) is 8.08. The first-order valence-corrected chi connectivity index (χ1v) is 5.50. The largest absolute Gasteiger partial charge is 0.507 e. The van der Waals surface area contributed by atoms with E-state index in [0.29, 0.717) is 0 Å². The van der Waals surface area contributed by atoms with Gasteiger partial charge in [0.15, 0.2) is 0 Å². The molecule has 0 radical (unpaired) electrons. The molecule has 3 heteroatoms. The molecule has 0 saturated heterocycles. The predicted octanol–water partition coefficient (Wildman–Crippen LogP) is 3.11. The Kier molecular flexibility index (Phi) is 3.00. The first kappa shape index (κ1) is 11.5. The molecule has 0 heterocycles. The lowest BCUT2D eigenvalue weighted by atomic mass is 10.1. The molecule has 0 aliphatic carbocycles. The van der Waals surface area contributed by atoms with Crippen molar-refractivity contribution in [3.63, 3.8) is 0 Å². The molecule has 0 fully saturated rings. The quantitative estimate of drug-likeness (QED) is 0.806. The highest BCUT2D eigenvalue weighted by molar-refractivity contribution is 5.98. The lowest BCUT2D eigenvalue weighted by molar-refractivity contribution is 0.0375. The third-order valence-corrected chi connectivity index (χ3v) is 2.43. The Balaban J connectivity index is 2.47. The number of esters is 1. The van der Waals surface area contributed by atoms with Crippen molar-refractivity contribution in [3.8, 4) is 5.75 Å². The van der Waals surface area contributed by atoms with E-state index in [2.05, 4.69) is 0 Å². The van der Waals surface area contributed by atoms with Crippen LogP contribution in [0.4, 0.5) is 0 Å². The molecule has 0 atom stereocenters. The van der Waals surface area contributed by atoms with Crippen molar-refractivity contribution in [1.82, 2.24) is 0 Å². The summed E-state index contributed by atoms with van der Waals surface area (Å²) in [4.78, 5) is 11.7. The maximum atomic E-state index is 11.7. The Hall–Kier alpha value is -2.03. The zero-order chi connectivity index (χ0) is 12.4. The predicted molar refractivity (Wildman–Crippen MR) is 66.2 cm³/mol. The van der Waals surface area contributed by atoms with E-state index >= 15 is 0 Å². The molecule has 0 aliphatic rings. The van der Waals surface area contributed by atoms with Gasteiger partial charge in [-0.3, -0.25) is 0 Å². The third-order valence-electron chi connectivity index (χ3n) is 2.43. The Morgan fingerprint density at radius 3 is 2.35 bits per heavy atom. The number of carbonyl (C=O) groups excluding carboxylic acids is 1. The van der Waals surface area contributed by atoms with Gasteiger partial charge in [-0.2, -0.15) is 0 Å². The van der Waals surface area contributed by atoms with E-state index < -0.39 is 5.97 Å². The van der Waals surface area contributed by atoms with Gasteiger partial charge in [0.25, 0.3) is 0 Å².